The van der Waals surface area contributed by atoms with Crippen LogP contribution in [0, 0.1) is 11.3 Å². The highest BCUT2D eigenvalue weighted by molar-refractivity contribution is 6.42. The minimum absolute atomic E-state index is 0.234. The van der Waals surface area contributed by atoms with Crippen LogP contribution in [0.15, 0.2) is 42.6 Å². The van der Waals surface area contributed by atoms with Gasteiger partial charge in [-0.3, -0.25) is 4.79 Å². The van der Waals surface area contributed by atoms with E-state index in [1.165, 1.54) is 28.8 Å². The molecule has 3 aromatic rings. The molecule has 1 aromatic heterocycles. The molecule has 2 fully saturated rings. The number of ether oxygens (including phenoxy) is 2. The normalized spacial score (nSPS) is 27.4. The number of rotatable bonds is 7. The van der Waals surface area contributed by atoms with Gasteiger partial charge in [-0.2, -0.15) is 5.26 Å². The van der Waals surface area contributed by atoms with Crippen LogP contribution in [0.3, 0.4) is 0 Å². The van der Waals surface area contributed by atoms with Gasteiger partial charge in [-0.05, 0) is 43.2 Å². The SMILES string of the molecule is CO[C@@H]1[C@@H](n2cc(-c3ccc(Cl)c(Cl)c3)nn2)[C@@H](O)[C@@H](CO)O[C@H]1C(=O)N(c1cc(Cl)cc(C#N)c1)[C@H]1CCCC[C@@H]1O. The van der Waals surface area contributed by atoms with Crippen molar-refractivity contribution in [3.05, 3.63) is 63.2 Å². The lowest BCUT2D eigenvalue weighted by molar-refractivity contribution is -0.211. The van der Waals surface area contributed by atoms with Crippen LogP contribution in [-0.2, 0) is 14.3 Å². The number of amides is 1. The quantitative estimate of drug-likeness (QED) is 0.347. The number of halogens is 3. The lowest BCUT2D eigenvalue weighted by Gasteiger charge is -2.46. The summed E-state index contributed by atoms with van der Waals surface area (Å²) >= 11 is 18.6. The number of hydrogen-bond acceptors (Lipinski definition) is 9. The Morgan fingerprint density at radius 1 is 1.16 bits per heavy atom. The van der Waals surface area contributed by atoms with E-state index in [1.54, 1.807) is 30.5 Å². The highest BCUT2D eigenvalue weighted by Gasteiger charge is 2.52. The average molecular weight is 651 g/mol. The zero-order valence-electron chi connectivity index (χ0n) is 23.1. The van der Waals surface area contributed by atoms with E-state index in [4.69, 9.17) is 44.3 Å². The summed E-state index contributed by atoms with van der Waals surface area (Å²) in [6.07, 6.45) is -1.71. The van der Waals surface area contributed by atoms with E-state index < -0.39 is 55.1 Å². The van der Waals surface area contributed by atoms with Gasteiger partial charge in [0, 0.05) is 23.4 Å². The second kappa shape index (κ2) is 13.5. The molecule has 228 valence electrons. The molecule has 1 saturated carbocycles. The fourth-order valence-corrected chi connectivity index (χ4v) is 6.39. The number of methoxy groups -OCH3 is 1. The minimum atomic E-state index is -1.35. The Morgan fingerprint density at radius 3 is 2.60 bits per heavy atom. The third-order valence-electron chi connectivity index (χ3n) is 7.97. The number of carbonyl (C=O) groups excluding carboxylic acids is 1. The summed E-state index contributed by atoms with van der Waals surface area (Å²) in [7, 11) is 1.37. The van der Waals surface area contributed by atoms with Gasteiger partial charge in [0.25, 0.3) is 5.91 Å². The second-order valence-electron chi connectivity index (χ2n) is 10.6. The maximum atomic E-state index is 14.5. The Bertz CT molecular complexity index is 1520. The van der Waals surface area contributed by atoms with E-state index in [2.05, 4.69) is 10.3 Å². The zero-order chi connectivity index (χ0) is 30.8. The number of aromatic nitrogens is 3. The molecule has 1 aliphatic carbocycles. The first-order valence-electron chi connectivity index (χ1n) is 13.7. The average Bonchev–Trinajstić information content (AvgIpc) is 3.48. The van der Waals surface area contributed by atoms with Crippen LogP contribution in [-0.4, -0.2) is 86.5 Å². The Balaban J connectivity index is 1.55. The molecule has 1 saturated heterocycles. The van der Waals surface area contributed by atoms with Crippen molar-refractivity contribution >= 4 is 46.4 Å². The molecule has 11 nitrogen and oxygen atoms in total. The summed E-state index contributed by atoms with van der Waals surface area (Å²) in [5.74, 6) is -0.593. The Morgan fingerprint density at radius 2 is 1.93 bits per heavy atom. The molecular formula is C29H30Cl3N5O6. The predicted molar refractivity (Wildman–Crippen MR) is 159 cm³/mol. The van der Waals surface area contributed by atoms with Gasteiger partial charge in [0.15, 0.2) is 6.10 Å². The van der Waals surface area contributed by atoms with Crippen molar-refractivity contribution in [2.75, 3.05) is 18.6 Å². The molecule has 2 aromatic carbocycles. The minimum Gasteiger partial charge on any atom is -0.394 e. The Hall–Kier alpha value is -2.79. The molecule has 0 unspecified atom stereocenters. The highest BCUT2D eigenvalue weighted by Crippen LogP contribution is 2.37. The molecule has 43 heavy (non-hydrogen) atoms. The first kappa shape index (κ1) is 31.6. The zero-order valence-corrected chi connectivity index (χ0v) is 25.3. The lowest BCUT2D eigenvalue weighted by atomic mass is 9.88. The highest BCUT2D eigenvalue weighted by atomic mass is 35.5. The number of carbonyl (C=O) groups is 1. The van der Waals surface area contributed by atoms with Crippen LogP contribution in [0.1, 0.15) is 37.3 Å². The number of hydrogen-bond donors (Lipinski definition) is 3. The number of anilines is 1. The third kappa shape index (κ3) is 6.38. The number of nitriles is 1. The van der Waals surface area contributed by atoms with Crippen molar-refractivity contribution in [2.45, 2.75) is 68.3 Å². The van der Waals surface area contributed by atoms with Gasteiger partial charge in [0.05, 0.1) is 46.6 Å². The first-order valence-corrected chi connectivity index (χ1v) is 14.9. The summed E-state index contributed by atoms with van der Waals surface area (Å²) in [5.41, 5.74) is 1.58. The van der Waals surface area contributed by atoms with Gasteiger partial charge < -0.3 is 29.7 Å². The first-order chi connectivity index (χ1) is 20.7. The van der Waals surface area contributed by atoms with Crippen molar-refractivity contribution in [2.24, 2.45) is 0 Å². The van der Waals surface area contributed by atoms with Crippen molar-refractivity contribution in [3.63, 3.8) is 0 Å². The lowest BCUT2D eigenvalue weighted by Crippen LogP contribution is -2.63. The summed E-state index contributed by atoms with van der Waals surface area (Å²) in [6, 6.07) is 9.90. The molecule has 5 rings (SSSR count). The Kier molecular flexibility index (Phi) is 9.90. The van der Waals surface area contributed by atoms with Crippen LogP contribution in [0.5, 0.6) is 0 Å². The fourth-order valence-electron chi connectivity index (χ4n) is 5.86. The van der Waals surface area contributed by atoms with Crippen LogP contribution in [0.2, 0.25) is 15.1 Å². The van der Waals surface area contributed by atoms with Gasteiger partial charge in [0.1, 0.15) is 30.0 Å². The third-order valence-corrected chi connectivity index (χ3v) is 8.92. The molecule has 14 heteroatoms. The number of aliphatic hydroxyl groups is 3. The molecule has 1 amide bonds. The number of benzene rings is 2. The summed E-state index contributed by atoms with van der Waals surface area (Å²) in [6.45, 7) is -0.603. The van der Waals surface area contributed by atoms with Crippen LogP contribution in [0.25, 0.3) is 11.3 Å². The van der Waals surface area contributed by atoms with Gasteiger partial charge in [0.2, 0.25) is 0 Å². The van der Waals surface area contributed by atoms with Crippen LogP contribution in [0.4, 0.5) is 5.69 Å². The van der Waals surface area contributed by atoms with E-state index in [0.717, 1.165) is 12.8 Å². The van der Waals surface area contributed by atoms with Crippen molar-refractivity contribution in [1.29, 1.82) is 5.26 Å². The molecule has 0 spiro atoms. The van der Waals surface area contributed by atoms with Crippen molar-refractivity contribution in [1.82, 2.24) is 15.0 Å². The molecule has 2 aliphatic rings. The van der Waals surface area contributed by atoms with Crippen LogP contribution >= 0.6 is 34.8 Å². The molecule has 2 heterocycles. The maximum Gasteiger partial charge on any atom is 0.259 e. The van der Waals surface area contributed by atoms with Gasteiger partial charge in [-0.25, -0.2) is 4.68 Å². The summed E-state index contributed by atoms with van der Waals surface area (Å²) < 4.78 is 13.2. The molecular weight excluding hydrogens is 621 g/mol. The topological polar surface area (TPSA) is 154 Å². The van der Waals surface area contributed by atoms with E-state index in [-0.39, 0.29) is 10.6 Å². The molecule has 0 radical (unpaired) electrons. The fraction of sp³-hybridized carbons (Fsp3) is 0.448. The van der Waals surface area contributed by atoms with Gasteiger partial charge in [-0.1, -0.05) is 58.9 Å². The van der Waals surface area contributed by atoms with E-state index in [1.807, 2.05) is 6.07 Å². The molecule has 0 bridgehead atoms. The summed E-state index contributed by atoms with van der Waals surface area (Å²) in [5, 5.41) is 51.4. The molecule has 7 atom stereocenters. The van der Waals surface area contributed by atoms with E-state index >= 15 is 0 Å². The monoisotopic (exact) mass is 649 g/mol. The summed E-state index contributed by atoms with van der Waals surface area (Å²) in [4.78, 5) is 15.9. The number of aliphatic hydroxyl groups excluding tert-OH is 3. The van der Waals surface area contributed by atoms with E-state index in [9.17, 15) is 25.4 Å². The smallest absolute Gasteiger partial charge is 0.259 e. The van der Waals surface area contributed by atoms with Crippen molar-refractivity contribution in [3.8, 4) is 17.3 Å². The maximum absolute atomic E-state index is 14.5. The Labute approximate surface area is 263 Å². The number of nitrogens with zero attached hydrogens (tertiary/aromatic N) is 5. The predicted octanol–water partition coefficient (Wildman–Crippen LogP) is 3.79. The van der Waals surface area contributed by atoms with Gasteiger partial charge in [-0.15, -0.1) is 5.10 Å². The second-order valence-corrected chi connectivity index (χ2v) is 11.9. The van der Waals surface area contributed by atoms with Crippen molar-refractivity contribution < 1.29 is 29.6 Å². The van der Waals surface area contributed by atoms with Crippen LogP contribution < -0.4 is 4.90 Å². The van der Waals surface area contributed by atoms with E-state index in [0.29, 0.717) is 39.8 Å². The largest absolute Gasteiger partial charge is 0.394 e. The molecule has 3 N–H and O–H groups in total. The standard InChI is InChI=1S/C29H30Cl3N5O6/c1-42-27-25(36-13-21(34-35-36)16-6-7-19(31)20(32)10-16)26(40)24(14-38)43-28(27)29(41)37(22-4-2-3-5-23(22)39)18-9-15(12-33)8-17(30)11-18/h6-11,13,22-28,38-40H,2-5,14H2,1H3/t22-,23-,24+,25-,26-,27+,28+/m0/s1. The van der Waals surface area contributed by atoms with Gasteiger partial charge >= 0.3 is 0 Å². The molecule has 1 aliphatic heterocycles.